The molecule has 4 rings (SSSR count). The number of hydrogen-bond donors (Lipinski definition) is 1. The number of aromatic hydroxyl groups is 1. The van der Waals surface area contributed by atoms with Crippen LogP contribution in [0.1, 0.15) is 22.3 Å². The van der Waals surface area contributed by atoms with Crippen LogP contribution in [0.4, 0.5) is 5.95 Å². The normalized spacial score (nSPS) is 13.0. The number of hydrogen-bond acceptors (Lipinski definition) is 5. The lowest BCUT2D eigenvalue weighted by molar-refractivity contribution is 0.0987. The Hall–Kier alpha value is -3.22. The molecule has 126 valence electrons. The maximum absolute atomic E-state index is 12.9. The van der Waals surface area contributed by atoms with Crippen molar-refractivity contribution in [2.24, 2.45) is 0 Å². The molecule has 0 bridgehead atoms. The fourth-order valence-electron chi connectivity index (χ4n) is 3.33. The summed E-state index contributed by atoms with van der Waals surface area (Å²) in [6.07, 6.45) is 4.69. The second kappa shape index (κ2) is 5.70. The average molecular weight is 336 g/mol. The van der Waals surface area contributed by atoms with E-state index in [4.69, 9.17) is 0 Å². The van der Waals surface area contributed by atoms with Crippen LogP contribution in [0, 0.1) is 0 Å². The van der Waals surface area contributed by atoms with Gasteiger partial charge in [-0.15, -0.1) is 0 Å². The minimum Gasteiger partial charge on any atom is -0.506 e. The molecule has 25 heavy (non-hydrogen) atoms. The molecule has 2 aromatic heterocycles. The molecule has 0 fully saturated rings. The average Bonchev–Trinajstić information content (AvgIpc) is 2.66. The van der Waals surface area contributed by atoms with E-state index >= 15 is 0 Å². The summed E-state index contributed by atoms with van der Waals surface area (Å²) in [6.45, 7) is 0.526. The summed E-state index contributed by atoms with van der Waals surface area (Å²) in [7, 11) is 1.48. The molecule has 0 aliphatic carbocycles. The van der Waals surface area contributed by atoms with Crippen LogP contribution in [-0.4, -0.2) is 32.6 Å². The van der Waals surface area contributed by atoms with Crippen molar-refractivity contribution in [3.8, 4) is 5.75 Å². The van der Waals surface area contributed by atoms with Crippen molar-refractivity contribution in [2.75, 3.05) is 11.9 Å². The molecule has 7 heteroatoms. The van der Waals surface area contributed by atoms with E-state index in [2.05, 4.69) is 9.97 Å². The standard InChI is InChI=1S/C18H16N4O3/c1-21(18-19-8-4-9-20-18)16(24)13-15(23)12-7-2-5-11-6-3-10-22(14(11)12)17(13)25/h2,4-5,7-9,23H,3,6,10H2,1H3. The van der Waals surface area contributed by atoms with Gasteiger partial charge in [0, 0.05) is 31.4 Å². The number of para-hydroxylation sites is 1. The van der Waals surface area contributed by atoms with E-state index in [1.165, 1.54) is 24.3 Å². The fraction of sp³-hybridized carbons (Fsp3) is 0.222. The van der Waals surface area contributed by atoms with E-state index in [1.807, 2.05) is 12.1 Å². The number of anilines is 1. The summed E-state index contributed by atoms with van der Waals surface area (Å²) in [5.41, 5.74) is 0.993. The summed E-state index contributed by atoms with van der Waals surface area (Å²) in [4.78, 5) is 35.0. The highest BCUT2D eigenvalue weighted by molar-refractivity contribution is 6.09. The number of amides is 1. The molecule has 1 aromatic carbocycles. The number of benzene rings is 1. The van der Waals surface area contributed by atoms with E-state index in [1.54, 1.807) is 16.7 Å². The van der Waals surface area contributed by atoms with Gasteiger partial charge < -0.3 is 9.67 Å². The molecule has 0 unspecified atom stereocenters. The van der Waals surface area contributed by atoms with Gasteiger partial charge in [0.2, 0.25) is 5.95 Å². The monoisotopic (exact) mass is 336 g/mol. The van der Waals surface area contributed by atoms with Crippen LogP contribution in [0.3, 0.4) is 0 Å². The van der Waals surface area contributed by atoms with Crippen LogP contribution in [0.2, 0.25) is 0 Å². The van der Waals surface area contributed by atoms with Gasteiger partial charge in [-0.3, -0.25) is 14.5 Å². The lowest BCUT2D eigenvalue weighted by Crippen LogP contribution is -2.36. The molecule has 0 saturated carbocycles. The lowest BCUT2D eigenvalue weighted by Gasteiger charge is -2.22. The van der Waals surface area contributed by atoms with Crippen LogP contribution < -0.4 is 10.5 Å². The highest BCUT2D eigenvalue weighted by atomic mass is 16.3. The number of rotatable bonds is 2. The number of carbonyl (C=O) groups is 1. The van der Waals surface area contributed by atoms with Gasteiger partial charge in [-0.05, 0) is 30.5 Å². The molecule has 1 aliphatic rings. The van der Waals surface area contributed by atoms with Gasteiger partial charge in [0.05, 0.1) is 5.52 Å². The van der Waals surface area contributed by atoms with E-state index < -0.39 is 11.5 Å². The molecule has 1 N–H and O–H groups in total. The molecule has 0 atom stereocenters. The highest BCUT2D eigenvalue weighted by Crippen LogP contribution is 2.32. The smallest absolute Gasteiger partial charge is 0.269 e. The largest absolute Gasteiger partial charge is 0.506 e. The Morgan fingerprint density at radius 1 is 1.24 bits per heavy atom. The second-order valence-electron chi connectivity index (χ2n) is 6.01. The topological polar surface area (TPSA) is 88.3 Å². The van der Waals surface area contributed by atoms with Crippen LogP contribution in [0.5, 0.6) is 5.75 Å². The van der Waals surface area contributed by atoms with Crippen LogP contribution >= 0.6 is 0 Å². The van der Waals surface area contributed by atoms with Crippen LogP contribution in [0.15, 0.2) is 41.5 Å². The van der Waals surface area contributed by atoms with Crippen molar-refractivity contribution >= 4 is 22.8 Å². The number of nitrogens with zero attached hydrogens (tertiary/aromatic N) is 4. The number of carbonyl (C=O) groups excluding carboxylic acids is 1. The minimum absolute atomic E-state index is 0.166. The Labute approximate surface area is 143 Å². The summed E-state index contributed by atoms with van der Waals surface area (Å²) >= 11 is 0. The molecule has 3 heterocycles. The zero-order chi connectivity index (χ0) is 17.6. The molecule has 0 radical (unpaired) electrons. The van der Waals surface area contributed by atoms with Crippen LogP contribution in [0.25, 0.3) is 10.9 Å². The fourth-order valence-corrected chi connectivity index (χ4v) is 3.33. The lowest BCUT2D eigenvalue weighted by atomic mass is 9.99. The minimum atomic E-state index is -0.629. The molecule has 7 nitrogen and oxygen atoms in total. The van der Waals surface area contributed by atoms with Gasteiger partial charge in [-0.2, -0.15) is 0 Å². The van der Waals surface area contributed by atoms with Crippen molar-refractivity contribution in [3.63, 3.8) is 0 Å². The van der Waals surface area contributed by atoms with Crippen molar-refractivity contribution in [1.29, 1.82) is 0 Å². The third kappa shape index (κ3) is 2.27. The number of aryl methyl sites for hydroxylation is 2. The first kappa shape index (κ1) is 15.3. The summed E-state index contributed by atoms with van der Waals surface area (Å²) in [6, 6.07) is 7.14. The first-order valence-electron chi connectivity index (χ1n) is 8.02. The zero-order valence-electron chi connectivity index (χ0n) is 13.6. The Bertz CT molecular complexity index is 1040. The molecular weight excluding hydrogens is 320 g/mol. The van der Waals surface area contributed by atoms with Crippen LogP contribution in [-0.2, 0) is 13.0 Å². The van der Waals surface area contributed by atoms with Gasteiger partial charge >= 0.3 is 0 Å². The SMILES string of the molecule is CN(C(=O)c1c(O)c2cccc3c2n(c1=O)CCC3)c1ncccn1. The van der Waals surface area contributed by atoms with Crippen molar-refractivity contribution in [2.45, 2.75) is 19.4 Å². The highest BCUT2D eigenvalue weighted by Gasteiger charge is 2.28. The van der Waals surface area contributed by atoms with E-state index in [0.717, 1.165) is 18.4 Å². The van der Waals surface area contributed by atoms with Gasteiger partial charge in [-0.25, -0.2) is 9.97 Å². The molecule has 0 saturated heterocycles. The van der Waals surface area contributed by atoms with Gasteiger partial charge in [0.25, 0.3) is 11.5 Å². The quantitative estimate of drug-likeness (QED) is 0.770. The van der Waals surface area contributed by atoms with Gasteiger partial charge in [0.1, 0.15) is 11.3 Å². The molecular formula is C18H16N4O3. The molecule has 1 aliphatic heterocycles. The molecule has 1 amide bonds. The van der Waals surface area contributed by atoms with Gasteiger partial charge in [-0.1, -0.05) is 12.1 Å². The van der Waals surface area contributed by atoms with E-state index in [0.29, 0.717) is 17.4 Å². The zero-order valence-corrected chi connectivity index (χ0v) is 13.6. The first-order chi connectivity index (χ1) is 12.1. The Morgan fingerprint density at radius 2 is 2.00 bits per heavy atom. The third-order valence-corrected chi connectivity index (χ3v) is 4.54. The van der Waals surface area contributed by atoms with Crippen molar-refractivity contribution < 1.29 is 9.90 Å². The first-order valence-corrected chi connectivity index (χ1v) is 8.02. The van der Waals surface area contributed by atoms with Crippen molar-refractivity contribution in [3.05, 3.63) is 58.1 Å². The summed E-state index contributed by atoms with van der Waals surface area (Å²) in [5.74, 6) is -0.748. The predicted molar refractivity (Wildman–Crippen MR) is 93.0 cm³/mol. The van der Waals surface area contributed by atoms with Crippen molar-refractivity contribution in [1.82, 2.24) is 14.5 Å². The predicted octanol–water partition coefficient (Wildman–Crippen LogP) is 1.72. The Kier molecular flexibility index (Phi) is 3.49. The maximum Gasteiger partial charge on any atom is 0.269 e. The van der Waals surface area contributed by atoms with E-state index in [-0.39, 0.29) is 17.3 Å². The number of aromatic nitrogens is 3. The second-order valence-corrected chi connectivity index (χ2v) is 6.01. The molecule has 3 aromatic rings. The van der Waals surface area contributed by atoms with E-state index in [9.17, 15) is 14.7 Å². The maximum atomic E-state index is 12.9. The Morgan fingerprint density at radius 3 is 2.76 bits per heavy atom. The summed E-state index contributed by atoms with van der Waals surface area (Å²) < 4.78 is 1.58. The number of pyridine rings is 1. The Balaban J connectivity index is 1.94. The summed E-state index contributed by atoms with van der Waals surface area (Å²) in [5, 5.41) is 11.2. The van der Waals surface area contributed by atoms with Gasteiger partial charge in [0.15, 0.2) is 0 Å². The molecule has 0 spiro atoms. The third-order valence-electron chi connectivity index (χ3n) is 4.54.